The molecule has 2 N–H and O–H groups in total. The first-order chi connectivity index (χ1) is 12.6. The first-order valence-corrected chi connectivity index (χ1v) is 8.95. The number of carbonyl (C=O) groups is 2. The summed E-state index contributed by atoms with van der Waals surface area (Å²) in [6.45, 7) is -0.227. The summed E-state index contributed by atoms with van der Waals surface area (Å²) >= 11 is 6.91. The second-order valence-corrected chi connectivity index (χ2v) is 6.97. The van der Waals surface area contributed by atoms with Crippen LogP contribution in [0.25, 0.3) is 11.1 Å². The van der Waals surface area contributed by atoms with Gasteiger partial charge in [-0.05, 0) is 23.8 Å². The van der Waals surface area contributed by atoms with Crippen molar-refractivity contribution < 1.29 is 14.3 Å². The molecule has 0 atom stereocenters. The molecule has 0 spiro atoms. The SMILES string of the molecule is O=C(COc1ccccc1-c1ccccc1)NNC(=O)c1ccc(Cl)s1. The summed E-state index contributed by atoms with van der Waals surface area (Å²) in [5.41, 5.74) is 6.53. The minimum Gasteiger partial charge on any atom is -0.483 e. The number of hydrogen-bond donors (Lipinski definition) is 2. The highest BCUT2D eigenvalue weighted by atomic mass is 35.5. The van der Waals surface area contributed by atoms with Gasteiger partial charge in [0.05, 0.1) is 9.21 Å². The molecule has 1 aromatic heterocycles. The molecule has 0 bridgehead atoms. The molecule has 0 saturated heterocycles. The molecule has 2 aromatic carbocycles. The molecule has 3 rings (SSSR count). The van der Waals surface area contributed by atoms with Gasteiger partial charge >= 0.3 is 0 Å². The van der Waals surface area contributed by atoms with Crippen LogP contribution in [0.15, 0.2) is 66.7 Å². The highest BCUT2D eigenvalue weighted by Crippen LogP contribution is 2.29. The number of hydrogen-bond acceptors (Lipinski definition) is 4. The number of ether oxygens (including phenoxy) is 1. The van der Waals surface area contributed by atoms with Crippen LogP contribution in [0.5, 0.6) is 5.75 Å². The maximum atomic E-state index is 11.9. The third-order valence-corrected chi connectivity index (χ3v) is 4.67. The van der Waals surface area contributed by atoms with Gasteiger partial charge in [0, 0.05) is 5.56 Å². The quantitative estimate of drug-likeness (QED) is 0.653. The van der Waals surface area contributed by atoms with Gasteiger partial charge in [-0.15, -0.1) is 11.3 Å². The Balaban J connectivity index is 1.56. The average Bonchev–Trinajstić information content (AvgIpc) is 3.12. The lowest BCUT2D eigenvalue weighted by atomic mass is 10.1. The van der Waals surface area contributed by atoms with Gasteiger partial charge in [0.2, 0.25) is 0 Å². The fourth-order valence-corrected chi connectivity index (χ4v) is 3.19. The molecule has 7 heteroatoms. The summed E-state index contributed by atoms with van der Waals surface area (Å²) < 4.78 is 6.12. The number of thiophene rings is 1. The van der Waals surface area contributed by atoms with E-state index in [1.165, 1.54) is 0 Å². The van der Waals surface area contributed by atoms with Crippen molar-refractivity contribution in [2.24, 2.45) is 0 Å². The van der Waals surface area contributed by atoms with Crippen molar-refractivity contribution in [3.63, 3.8) is 0 Å². The van der Waals surface area contributed by atoms with Crippen LogP contribution >= 0.6 is 22.9 Å². The standard InChI is InChI=1S/C19H15ClN2O3S/c20-17-11-10-16(26-17)19(24)22-21-18(23)12-25-15-9-5-4-8-14(15)13-6-2-1-3-7-13/h1-11H,12H2,(H,21,23)(H,22,24). The summed E-state index contributed by atoms with van der Waals surface area (Å²) in [6.07, 6.45) is 0. The molecule has 0 aliphatic carbocycles. The number of benzene rings is 2. The lowest BCUT2D eigenvalue weighted by molar-refractivity contribution is -0.123. The molecule has 2 amide bonds. The van der Waals surface area contributed by atoms with E-state index in [1.54, 1.807) is 18.2 Å². The van der Waals surface area contributed by atoms with Gasteiger partial charge < -0.3 is 4.74 Å². The molecule has 3 aromatic rings. The van der Waals surface area contributed by atoms with Crippen LogP contribution in [0.1, 0.15) is 9.67 Å². The molecule has 1 heterocycles. The van der Waals surface area contributed by atoms with Gasteiger partial charge in [0.15, 0.2) is 6.61 Å². The Kier molecular flexibility index (Phi) is 5.88. The Morgan fingerprint density at radius 2 is 1.65 bits per heavy atom. The van der Waals surface area contributed by atoms with Gasteiger partial charge in [0.1, 0.15) is 5.75 Å². The molecular weight excluding hydrogens is 372 g/mol. The van der Waals surface area contributed by atoms with E-state index in [1.807, 2.05) is 48.5 Å². The van der Waals surface area contributed by atoms with Gasteiger partial charge in [-0.25, -0.2) is 0 Å². The molecule has 0 unspecified atom stereocenters. The van der Waals surface area contributed by atoms with E-state index >= 15 is 0 Å². The van der Waals surface area contributed by atoms with E-state index in [4.69, 9.17) is 16.3 Å². The van der Waals surface area contributed by atoms with E-state index in [9.17, 15) is 9.59 Å². The molecule has 5 nitrogen and oxygen atoms in total. The van der Waals surface area contributed by atoms with E-state index in [0.29, 0.717) is 15.0 Å². The first-order valence-electron chi connectivity index (χ1n) is 7.75. The van der Waals surface area contributed by atoms with Gasteiger partial charge in [-0.3, -0.25) is 20.4 Å². The summed E-state index contributed by atoms with van der Waals surface area (Å²) in [4.78, 5) is 24.2. The Morgan fingerprint density at radius 3 is 2.38 bits per heavy atom. The molecule has 0 radical (unpaired) electrons. The maximum absolute atomic E-state index is 11.9. The molecule has 0 aliphatic rings. The summed E-state index contributed by atoms with van der Waals surface area (Å²) in [5, 5.41) is 0. The fraction of sp³-hybridized carbons (Fsp3) is 0.0526. The van der Waals surface area contributed by atoms with Crippen molar-refractivity contribution >= 4 is 34.8 Å². The highest BCUT2D eigenvalue weighted by Gasteiger charge is 2.11. The number of para-hydroxylation sites is 1. The van der Waals surface area contributed by atoms with Gasteiger partial charge in [0.25, 0.3) is 11.8 Å². The van der Waals surface area contributed by atoms with E-state index in [2.05, 4.69) is 10.9 Å². The van der Waals surface area contributed by atoms with E-state index in [0.717, 1.165) is 22.5 Å². The lowest BCUT2D eigenvalue weighted by Gasteiger charge is -2.12. The molecule has 132 valence electrons. The summed E-state index contributed by atoms with van der Waals surface area (Å²) in [6, 6.07) is 20.4. The Labute approximate surface area is 159 Å². The average molecular weight is 387 g/mol. The lowest BCUT2D eigenvalue weighted by Crippen LogP contribution is -2.43. The first kappa shape index (κ1) is 18.0. The van der Waals surface area contributed by atoms with Crippen LogP contribution in [0.3, 0.4) is 0 Å². The second-order valence-electron chi connectivity index (χ2n) is 5.26. The zero-order valence-corrected chi connectivity index (χ0v) is 15.1. The smallest absolute Gasteiger partial charge is 0.279 e. The Morgan fingerprint density at radius 1 is 0.923 bits per heavy atom. The van der Waals surface area contributed by atoms with Crippen LogP contribution in [0.2, 0.25) is 4.34 Å². The van der Waals surface area contributed by atoms with Gasteiger partial charge in [-0.1, -0.05) is 60.1 Å². The minimum absolute atomic E-state index is 0.227. The van der Waals surface area contributed by atoms with Crippen LogP contribution < -0.4 is 15.6 Å². The Bertz CT molecular complexity index is 912. The van der Waals surface area contributed by atoms with Crippen LogP contribution in [-0.4, -0.2) is 18.4 Å². The maximum Gasteiger partial charge on any atom is 0.279 e. The number of hydrazine groups is 1. The van der Waals surface area contributed by atoms with E-state index in [-0.39, 0.29) is 6.61 Å². The minimum atomic E-state index is -0.469. The van der Waals surface area contributed by atoms with Crippen LogP contribution in [0.4, 0.5) is 0 Å². The fourth-order valence-electron chi connectivity index (χ4n) is 2.25. The highest BCUT2D eigenvalue weighted by molar-refractivity contribution is 7.17. The largest absolute Gasteiger partial charge is 0.483 e. The number of halogens is 1. The topological polar surface area (TPSA) is 67.4 Å². The molecule has 0 fully saturated rings. The monoisotopic (exact) mass is 386 g/mol. The van der Waals surface area contributed by atoms with Gasteiger partial charge in [-0.2, -0.15) is 0 Å². The molecule has 0 saturated carbocycles. The number of nitrogens with one attached hydrogen (secondary N) is 2. The molecule has 26 heavy (non-hydrogen) atoms. The van der Waals surface area contributed by atoms with E-state index < -0.39 is 11.8 Å². The zero-order valence-electron chi connectivity index (χ0n) is 13.6. The Hall–Kier alpha value is -2.83. The van der Waals surface area contributed by atoms with Crippen LogP contribution in [-0.2, 0) is 4.79 Å². The molecular formula is C19H15ClN2O3S. The third-order valence-electron chi connectivity index (χ3n) is 3.44. The van der Waals surface area contributed by atoms with Crippen molar-refractivity contribution in [1.82, 2.24) is 10.9 Å². The summed E-state index contributed by atoms with van der Waals surface area (Å²) in [5.74, 6) is -0.311. The normalized spacial score (nSPS) is 10.2. The third kappa shape index (κ3) is 4.62. The number of amides is 2. The summed E-state index contributed by atoms with van der Waals surface area (Å²) in [7, 11) is 0. The van der Waals surface area contributed by atoms with Crippen molar-refractivity contribution in [2.45, 2.75) is 0 Å². The number of carbonyl (C=O) groups excluding carboxylic acids is 2. The number of rotatable bonds is 5. The predicted octanol–water partition coefficient (Wildman–Crippen LogP) is 3.91. The zero-order chi connectivity index (χ0) is 18.4. The predicted molar refractivity (Wildman–Crippen MR) is 102 cm³/mol. The van der Waals surface area contributed by atoms with Crippen molar-refractivity contribution in [3.8, 4) is 16.9 Å². The van der Waals surface area contributed by atoms with Crippen molar-refractivity contribution in [1.29, 1.82) is 0 Å². The molecule has 0 aliphatic heterocycles. The van der Waals surface area contributed by atoms with Crippen molar-refractivity contribution in [2.75, 3.05) is 6.61 Å². The van der Waals surface area contributed by atoms with Crippen LogP contribution in [0, 0.1) is 0 Å². The second kappa shape index (κ2) is 8.51. The van der Waals surface area contributed by atoms with Crippen molar-refractivity contribution in [3.05, 3.63) is 75.9 Å².